The number of pyridine rings is 1. The van der Waals surface area contributed by atoms with Gasteiger partial charge < -0.3 is 4.90 Å². The molecule has 0 radical (unpaired) electrons. The number of H-pyrrole nitrogens is 1. The Kier molecular flexibility index (Phi) is 5.08. The van der Waals surface area contributed by atoms with Gasteiger partial charge in [0.25, 0.3) is 5.91 Å². The number of amides is 1. The average Bonchev–Trinajstić information content (AvgIpc) is 3.38. The van der Waals surface area contributed by atoms with E-state index < -0.39 is 0 Å². The van der Waals surface area contributed by atoms with Gasteiger partial charge in [0.2, 0.25) is 0 Å². The molecule has 0 unspecified atom stereocenters. The Balaban J connectivity index is 1.29. The van der Waals surface area contributed by atoms with Crippen LogP contribution in [-0.2, 0) is 6.42 Å². The van der Waals surface area contributed by atoms with E-state index in [-0.39, 0.29) is 5.91 Å². The van der Waals surface area contributed by atoms with Crippen LogP contribution in [0.15, 0.2) is 48.0 Å². The van der Waals surface area contributed by atoms with Crippen LogP contribution in [0.1, 0.15) is 16.2 Å². The number of nitrogens with one attached hydrogen (secondary N) is 1. The summed E-state index contributed by atoms with van der Waals surface area (Å²) in [5.74, 6) is 0.00781. The average molecular weight is 367 g/mol. The van der Waals surface area contributed by atoms with Gasteiger partial charge in [0, 0.05) is 51.0 Å². The van der Waals surface area contributed by atoms with Gasteiger partial charge in [-0.05, 0) is 29.6 Å². The molecule has 1 fully saturated rings. The number of aromatic amines is 1. The molecule has 1 amide bonds. The zero-order valence-corrected chi connectivity index (χ0v) is 15.3. The lowest BCUT2D eigenvalue weighted by atomic mass is 10.2. The van der Waals surface area contributed by atoms with E-state index in [2.05, 4.69) is 26.1 Å². The van der Waals surface area contributed by atoms with Gasteiger partial charge >= 0.3 is 0 Å². The zero-order chi connectivity index (χ0) is 17.8. The molecule has 0 spiro atoms. The highest BCUT2D eigenvalue weighted by molar-refractivity contribution is 7.13. The molecule has 0 saturated carbocycles. The summed E-state index contributed by atoms with van der Waals surface area (Å²) in [5, 5.41) is 9.20. The van der Waals surface area contributed by atoms with Crippen molar-refractivity contribution >= 4 is 17.2 Å². The molecule has 0 bridgehead atoms. The van der Waals surface area contributed by atoms with Gasteiger partial charge in [0.1, 0.15) is 0 Å². The van der Waals surface area contributed by atoms with E-state index in [0.717, 1.165) is 55.4 Å². The fraction of sp³-hybridized carbons (Fsp3) is 0.316. The fourth-order valence-electron chi connectivity index (χ4n) is 3.14. The predicted molar refractivity (Wildman–Crippen MR) is 102 cm³/mol. The quantitative estimate of drug-likeness (QED) is 0.753. The van der Waals surface area contributed by atoms with Crippen LogP contribution in [0.4, 0.5) is 0 Å². The second-order valence-electron chi connectivity index (χ2n) is 6.35. The van der Waals surface area contributed by atoms with Crippen LogP contribution in [0.25, 0.3) is 10.6 Å². The van der Waals surface area contributed by atoms with Gasteiger partial charge in [0.05, 0.1) is 10.6 Å². The van der Waals surface area contributed by atoms with Crippen molar-refractivity contribution in [2.24, 2.45) is 0 Å². The van der Waals surface area contributed by atoms with Crippen molar-refractivity contribution in [2.75, 3.05) is 32.7 Å². The molecule has 6 nitrogen and oxygen atoms in total. The second-order valence-corrected chi connectivity index (χ2v) is 7.30. The van der Waals surface area contributed by atoms with Gasteiger partial charge in [0.15, 0.2) is 5.69 Å². The topological polar surface area (TPSA) is 65.1 Å². The predicted octanol–water partition coefficient (Wildman–Crippen LogP) is 2.53. The summed E-state index contributed by atoms with van der Waals surface area (Å²) in [4.78, 5) is 22.4. The Morgan fingerprint density at radius 1 is 1.15 bits per heavy atom. The molecular weight excluding hydrogens is 346 g/mol. The minimum absolute atomic E-state index is 0.00781. The molecule has 0 atom stereocenters. The molecule has 3 aromatic rings. The molecule has 1 saturated heterocycles. The maximum absolute atomic E-state index is 12.7. The smallest absolute Gasteiger partial charge is 0.274 e. The van der Waals surface area contributed by atoms with E-state index in [1.807, 2.05) is 46.8 Å². The molecule has 1 N–H and O–H groups in total. The minimum atomic E-state index is 0.00781. The van der Waals surface area contributed by atoms with Crippen LogP contribution in [0, 0.1) is 0 Å². The van der Waals surface area contributed by atoms with Crippen molar-refractivity contribution in [2.45, 2.75) is 6.42 Å². The number of rotatable bonds is 5. The first-order valence-corrected chi connectivity index (χ1v) is 9.68. The van der Waals surface area contributed by atoms with E-state index in [9.17, 15) is 4.79 Å². The van der Waals surface area contributed by atoms with Gasteiger partial charge in [-0.2, -0.15) is 5.10 Å². The van der Waals surface area contributed by atoms with E-state index >= 15 is 0 Å². The van der Waals surface area contributed by atoms with Crippen molar-refractivity contribution in [1.29, 1.82) is 0 Å². The molecule has 1 aliphatic heterocycles. The molecule has 26 heavy (non-hydrogen) atoms. The second kappa shape index (κ2) is 7.80. The van der Waals surface area contributed by atoms with Crippen LogP contribution in [-0.4, -0.2) is 63.6 Å². The van der Waals surface area contributed by atoms with E-state index in [0.29, 0.717) is 5.69 Å². The van der Waals surface area contributed by atoms with Crippen molar-refractivity contribution in [1.82, 2.24) is 25.0 Å². The van der Waals surface area contributed by atoms with Crippen molar-refractivity contribution in [3.05, 3.63) is 59.4 Å². The number of piperazine rings is 1. The maximum atomic E-state index is 12.7. The Bertz CT molecular complexity index is 838. The van der Waals surface area contributed by atoms with Crippen LogP contribution in [0.3, 0.4) is 0 Å². The molecule has 134 valence electrons. The number of hydrogen-bond donors (Lipinski definition) is 1. The van der Waals surface area contributed by atoms with Gasteiger partial charge in [-0.1, -0.05) is 12.1 Å². The lowest BCUT2D eigenvalue weighted by molar-refractivity contribution is 0.0632. The summed E-state index contributed by atoms with van der Waals surface area (Å²) < 4.78 is 0. The van der Waals surface area contributed by atoms with Crippen LogP contribution in [0.5, 0.6) is 0 Å². The first-order chi connectivity index (χ1) is 12.8. The minimum Gasteiger partial charge on any atom is -0.335 e. The molecule has 7 heteroatoms. The molecule has 0 aliphatic carbocycles. The van der Waals surface area contributed by atoms with Gasteiger partial charge in [-0.3, -0.25) is 19.8 Å². The first kappa shape index (κ1) is 16.9. The van der Waals surface area contributed by atoms with Crippen molar-refractivity contribution in [3.8, 4) is 10.6 Å². The lowest BCUT2D eigenvalue weighted by Gasteiger charge is -2.34. The van der Waals surface area contributed by atoms with Crippen LogP contribution < -0.4 is 0 Å². The Morgan fingerprint density at radius 2 is 2.04 bits per heavy atom. The third kappa shape index (κ3) is 3.84. The SMILES string of the molecule is O=C(c1cc(-c2cccs2)[nH]n1)N1CCN(CCc2ccccn2)CC1. The maximum Gasteiger partial charge on any atom is 0.274 e. The summed E-state index contributed by atoms with van der Waals surface area (Å²) >= 11 is 1.63. The monoisotopic (exact) mass is 367 g/mol. The molecular formula is C19H21N5OS. The Labute approximate surface area is 156 Å². The normalized spacial score (nSPS) is 15.3. The Morgan fingerprint density at radius 3 is 2.77 bits per heavy atom. The number of aromatic nitrogens is 3. The summed E-state index contributed by atoms with van der Waals surface area (Å²) in [6, 6.07) is 11.9. The van der Waals surface area contributed by atoms with Crippen LogP contribution in [0.2, 0.25) is 0 Å². The Hall–Kier alpha value is -2.51. The van der Waals surface area contributed by atoms with E-state index in [1.165, 1.54) is 0 Å². The molecule has 4 rings (SSSR count). The highest BCUT2D eigenvalue weighted by Gasteiger charge is 2.24. The van der Waals surface area contributed by atoms with Crippen LogP contribution >= 0.6 is 11.3 Å². The molecule has 0 aromatic carbocycles. The number of carbonyl (C=O) groups excluding carboxylic acids is 1. The summed E-state index contributed by atoms with van der Waals surface area (Å²) in [7, 11) is 0. The van der Waals surface area contributed by atoms with Crippen molar-refractivity contribution in [3.63, 3.8) is 0 Å². The first-order valence-electron chi connectivity index (χ1n) is 8.80. The number of thiophene rings is 1. The molecule has 1 aliphatic rings. The standard InChI is InChI=1S/C19H21N5OS/c25-19(17-14-16(21-22-17)18-5-3-13-26-18)24-11-9-23(10-12-24)8-6-15-4-1-2-7-20-15/h1-5,7,13-14H,6,8-12H2,(H,21,22). The summed E-state index contributed by atoms with van der Waals surface area (Å²) in [5.41, 5.74) is 2.51. The van der Waals surface area contributed by atoms with Crippen molar-refractivity contribution < 1.29 is 4.79 Å². The number of nitrogens with zero attached hydrogens (tertiary/aromatic N) is 4. The highest BCUT2D eigenvalue weighted by Crippen LogP contribution is 2.23. The molecule has 3 aromatic heterocycles. The van der Waals surface area contributed by atoms with E-state index in [4.69, 9.17) is 0 Å². The number of hydrogen-bond acceptors (Lipinski definition) is 5. The fourth-order valence-corrected chi connectivity index (χ4v) is 3.84. The third-order valence-corrected chi connectivity index (χ3v) is 5.56. The summed E-state index contributed by atoms with van der Waals surface area (Å²) in [6.45, 7) is 4.23. The summed E-state index contributed by atoms with van der Waals surface area (Å²) in [6.07, 6.45) is 2.78. The lowest BCUT2D eigenvalue weighted by Crippen LogP contribution is -2.49. The number of carbonyl (C=O) groups is 1. The highest BCUT2D eigenvalue weighted by atomic mass is 32.1. The van der Waals surface area contributed by atoms with Gasteiger partial charge in [-0.15, -0.1) is 11.3 Å². The third-order valence-electron chi connectivity index (χ3n) is 4.65. The van der Waals surface area contributed by atoms with Gasteiger partial charge in [-0.25, -0.2) is 0 Å². The zero-order valence-electron chi connectivity index (χ0n) is 14.5. The van der Waals surface area contributed by atoms with E-state index in [1.54, 1.807) is 11.3 Å². The largest absolute Gasteiger partial charge is 0.335 e. The molecule has 4 heterocycles.